The first-order chi connectivity index (χ1) is 9.36. The number of hydrogen-bond donors (Lipinski definition) is 1. The van der Waals surface area contributed by atoms with Crippen LogP contribution in [0.2, 0.25) is 0 Å². The Labute approximate surface area is 121 Å². The molecule has 0 spiro atoms. The van der Waals surface area contributed by atoms with Crippen LogP contribution in [0.25, 0.3) is 6.08 Å². The van der Waals surface area contributed by atoms with Gasteiger partial charge in [-0.1, -0.05) is 63.3 Å². The van der Waals surface area contributed by atoms with E-state index >= 15 is 0 Å². The van der Waals surface area contributed by atoms with Crippen molar-refractivity contribution < 1.29 is 14.6 Å². The predicted octanol–water partition coefficient (Wildman–Crippen LogP) is 3.29. The van der Waals surface area contributed by atoms with E-state index in [0.29, 0.717) is 6.61 Å². The topological polar surface area (TPSA) is 46.5 Å². The molecular weight excluding hydrogens is 252 g/mol. The van der Waals surface area contributed by atoms with Crippen LogP contribution in [0.3, 0.4) is 0 Å². The van der Waals surface area contributed by atoms with Crippen LogP contribution < -0.4 is 0 Å². The summed E-state index contributed by atoms with van der Waals surface area (Å²) in [5, 5.41) is 10.3. The lowest BCUT2D eigenvalue weighted by Crippen LogP contribution is -2.38. The van der Waals surface area contributed by atoms with E-state index in [1.165, 1.54) is 0 Å². The van der Waals surface area contributed by atoms with Crippen LogP contribution in [0, 0.1) is 11.3 Å². The Balaban J connectivity index is 2.86. The molecule has 2 atom stereocenters. The van der Waals surface area contributed by atoms with Gasteiger partial charge in [-0.2, -0.15) is 0 Å². The molecule has 0 heterocycles. The third kappa shape index (κ3) is 4.82. The van der Waals surface area contributed by atoms with Crippen molar-refractivity contribution in [2.24, 2.45) is 11.3 Å². The zero-order valence-corrected chi connectivity index (χ0v) is 12.7. The van der Waals surface area contributed by atoms with E-state index in [2.05, 4.69) is 0 Å². The van der Waals surface area contributed by atoms with Gasteiger partial charge in [0.05, 0.1) is 18.6 Å². The van der Waals surface area contributed by atoms with Crippen LogP contribution in [-0.2, 0) is 9.53 Å². The smallest absolute Gasteiger partial charge is 0.312 e. The molecule has 1 N–H and O–H groups in total. The lowest BCUT2D eigenvalue weighted by Gasteiger charge is -2.31. The number of aliphatic hydroxyl groups is 1. The molecule has 20 heavy (non-hydrogen) atoms. The van der Waals surface area contributed by atoms with Gasteiger partial charge in [0.2, 0.25) is 0 Å². The number of rotatable bonds is 5. The molecule has 2 unspecified atom stereocenters. The molecule has 0 saturated heterocycles. The average Bonchev–Trinajstić information content (AvgIpc) is 2.36. The summed E-state index contributed by atoms with van der Waals surface area (Å²) in [6, 6.07) is 9.68. The highest BCUT2D eigenvalue weighted by Crippen LogP contribution is 2.30. The first-order valence-electron chi connectivity index (χ1n) is 6.94. The maximum atomic E-state index is 12.0. The van der Waals surface area contributed by atoms with Crippen LogP contribution >= 0.6 is 0 Å². The van der Waals surface area contributed by atoms with E-state index in [1.54, 1.807) is 13.0 Å². The van der Waals surface area contributed by atoms with Crippen LogP contribution in [-0.4, -0.2) is 23.8 Å². The zero-order valence-electron chi connectivity index (χ0n) is 12.7. The van der Waals surface area contributed by atoms with Gasteiger partial charge in [-0.25, -0.2) is 0 Å². The van der Waals surface area contributed by atoms with Crippen molar-refractivity contribution in [1.82, 2.24) is 0 Å². The molecule has 1 aromatic carbocycles. The van der Waals surface area contributed by atoms with Crippen molar-refractivity contribution in [2.75, 3.05) is 6.61 Å². The minimum Gasteiger partial charge on any atom is -0.466 e. The number of carbonyl (C=O) groups is 1. The summed E-state index contributed by atoms with van der Waals surface area (Å²) < 4.78 is 5.07. The number of aliphatic hydroxyl groups excluding tert-OH is 1. The molecule has 110 valence electrons. The summed E-state index contributed by atoms with van der Waals surface area (Å²) in [5.74, 6) is -0.937. The second-order valence-corrected chi connectivity index (χ2v) is 5.86. The van der Waals surface area contributed by atoms with Crippen molar-refractivity contribution in [1.29, 1.82) is 0 Å². The first-order valence-corrected chi connectivity index (χ1v) is 6.94. The Morgan fingerprint density at radius 2 is 1.90 bits per heavy atom. The lowest BCUT2D eigenvalue weighted by molar-refractivity contribution is -0.156. The zero-order chi connectivity index (χ0) is 15.2. The van der Waals surface area contributed by atoms with Gasteiger partial charge in [0.15, 0.2) is 0 Å². The van der Waals surface area contributed by atoms with E-state index in [9.17, 15) is 9.90 Å². The van der Waals surface area contributed by atoms with Crippen LogP contribution in [0.15, 0.2) is 36.4 Å². The van der Waals surface area contributed by atoms with E-state index in [0.717, 1.165) is 5.56 Å². The van der Waals surface area contributed by atoms with E-state index in [-0.39, 0.29) is 11.4 Å². The van der Waals surface area contributed by atoms with Crippen LogP contribution in [0.4, 0.5) is 0 Å². The van der Waals surface area contributed by atoms with Crippen molar-refractivity contribution in [3.05, 3.63) is 42.0 Å². The highest BCUT2D eigenvalue weighted by molar-refractivity contribution is 5.74. The molecule has 0 saturated carbocycles. The van der Waals surface area contributed by atoms with Gasteiger partial charge in [-0.05, 0) is 17.9 Å². The molecular formula is C17H24O3. The molecule has 3 heteroatoms. The summed E-state index contributed by atoms with van der Waals surface area (Å²) in [4.78, 5) is 12.0. The molecule has 1 rings (SSSR count). The van der Waals surface area contributed by atoms with Crippen molar-refractivity contribution in [3.63, 3.8) is 0 Å². The fraction of sp³-hybridized carbons (Fsp3) is 0.471. The van der Waals surface area contributed by atoms with E-state index in [4.69, 9.17) is 4.74 Å². The monoisotopic (exact) mass is 276 g/mol. The molecule has 0 radical (unpaired) electrons. The van der Waals surface area contributed by atoms with Crippen molar-refractivity contribution in [2.45, 2.75) is 33.8 Å². The lowest BCUT2D eigenvalue weighted by atomic mass is 9.77. The number of hydrogen-bond acceptors (Lipinski definition) is 3. The first kappa shape index (κ1) is 16.4. The van der Waals surface area contributed by atoms with Gasteiger partial charge >= 0.3 is 5.97 Å². The molecule has 0 aliphatic carbocycles. The highest BCUT2D eigenvalue weighted by Gasteiger charge is 2.37. The molecule has 0 bridgehead atoms. The minimum atomic E-state index is -0.866. The molecule has 3 nitrogen and oxygen atoms in total. The molecule has 0 aromatic heterocycles. The number of esters is 1. The van der Waals surface area contributed by atoms with Crippen molar-refractivity contribution >= 4 is 12.0 Å². The van der Waals surface area contributed by atoms with Gasteiger partial charge in [-0.15, -0.1) is 0 Å². The summed E-state index contributed by atoms with van der Waals surface area (Å²) in [7, 11) is 0. The third-order valence-corrected chi connectivity index (χ3v) is 3.10. The summed E-state index contributed by atoms with van der Waals surface area (Å²) >= 11 is 0. The van der Waals surface area contributed by atoms with Gasteiger partial charge in [-0.3, -0.25) is 4.79 Å². The largest absolute Gasteiger partial charge is 0.466 e. The summed E-state index contributed by atoms with van der Waals surface area (Å²) in [5.41, 5.74) is 0.621. The fourth-order valence-corrected chi connectivity index (χ4v) is 2.12. The second kappa shape index (κ2) is 7.25. The Hall–Kier alpha value is -1.61. The van der Waals surface area contributed by atoms with Crippen LogP contribution in [0.5, 0.6) is 0 Å². The average molecular weight is 276 g/mol. The quantitative estimate of drug-likeness (QED) is 0.839. The number of benzene rings is 1. The Morgan fingerprint density at radius 3 is 2.40 bits per heavy atom. The van der Waals surface area contributed by atoms with Crippen LogP contribution in [0.1, 0.15) is 33.3 Å². The van der Waals surface area contributed by atoms with Gasteiger partial charge < -0.3 is 9.84 Å². The maximum absolute atomic E-state index is 12.0. The Bertz CT molecular complexity index is 443. The maximum Gasteiger partial charge on any atom is 0.312 e. The molecule has 1 aromatic rings. The van der Waals surface area contributed by atoms with Crippen molar-refractivity contribution in [3.8, 4) is 0 Å². The Kier molecular flexibility index (Phi) is 5.96. The summed E-state index contributed by atoms with van der Waals surface area (Å²) in [6.45, 7) is 7.86. The number of carbonyl (C=O) groups excluding carboxylic acids is 1. The van der Waals surface area contributed by atoms with Gasteiger partial charge in [0, 0.05) is 0 Å². The second-order valence-electron chi connectivity index (χ2n) is 5.86. The predicted molar refractivity (Wildman–Crippen MR) is 81.1 cm³/mol. The van der Waals surface area contributed by atoms with Gasteiger partial charge in [0.1, 0.15) is 0 Å². The third-order valence-electron chi connectivity index (χ3n) is 3.10. The Morgan fingerprint density at radius 1 is 1.30 bits per heavy atom. The molecule has 0 aliphatic rings. The standard InChI is InChI=1S/C17H24O3/c1-5-20-16(19)15(17(2,3)4)14(18)12-11-13-9-7-6-8-10-13/h6-12,14-15,18H,5H2,1-4H3/b12-11+. The fourth-order valence-electron chi connectivity index (χ4n) is 2.12. The van der Waals surface area contributed by atoms with E-state index in [1.807, 2.05) is 57.2 Å². The van der Waals surface area contributed by atoms with Gasteiger partial charge in [0.25, 0.3) is 0 Å². The number of ether oxygens (including phenoxy) is 1. The molecule has 0 amide bonds. The van der Waals surface area contributed by atoms with E-state index < -0.39 is 12.0 Å². The summed E-state index contributed by atoms with van der Waals surface area (Å²) in [6.07, 6.45) is 2.61. The normalized spacial score (nSPS) is 15.1. The SMILES string of the molecule is CCOC(=O)C(C(O)/C=C/c1ccccc1)C(C)(C)C. The highest BCUT2D eigenvalue weighted by atomic mass is 16.5. The molecule has 0 fully saturated rings. The minimum absolute atomic E-state index is 0.320. The molecule has 0 aliphatic heterocycles.